The highest BCUT2D eigenvalue weighted by Crippen LogP contribution is 2.17. The second kappa shape index (κ2) is 5.87. The smallest absolute Gasteiger partial charge is 0.0538 e. The predicted molar refractivity (Wildman–Crippen MR) is 77.1 cm³/mol. The van der Waals surface area contributed by atoms with Gasteiger partial charge in [-0.15, -0.1) is 0 Å². The SMILES string of the molecule is CC(C)N1CCN(c2ccc(C=NN)cc2)CC1. The Labute approximate surface area is 109 Å². The number of benzene rings is 1. The van der Waals surface area contributed by atoms with Gasteiger partial charge in [0.15, 0.2) is 0 Å². The molecule has 1 aromatic rings. The van der Waals surface area contributed by atoms with Crippen LogP contribution < -0.4 is 10.7 Å². The number of hydrazone groups is 1. The Bertz CT molecular complexity index is 389. The van der Waals surface area contributed by atoms with Crippen LogP contribution in [-0.2, 0) is 0 Å². The molecular weight excluding hydrogens is 224 g/mol. The van der Waals surface area contributed by atoms with E-state index in [1.54, 1.807) is 6.21 Å². The third kappa shape index (κ3) is 3.01. The summed E-state index contributed by atoms with van der Waals surface area (Å²) in [6, 6.07) is 9.04. The Morgan fingerprint density at radius 3 is 2.22 bits per heavy atom. The van der Waals surface area contributed by atoms with E-state index < -0.39 is 0 Å². The van der Waals surface area contributed by atoms with Gasteiger partial charge in [0.05, 0.1) is 6.21 Å². The number of hydrogen-bond donors (Lipinski definition) is 1. The Balaban J connectivity index is 1.97. The highest BCUT2D eigenvalue weighted by Gasteiger charge is 2.18. The largest absolute Gasteiger partial charge is 0.369 e. The summed E-state index contributed by atoms with van der Waals surface area (Å²) >= 11 is 0. The van der Waals surface area contributed by atoms with Crippen molar-refractivity contribution in [2.45, 2.75) is 19.9 Å². The summed E-state index contributed by atoms with van der Waals surface area (Å²) in [4.78, 5) is 4.95. The zero-order valence-corrected chi connectivity index (χ0v) is 11.2. The van der Waals surface area contributed by atoms with Gasteiger partial charge in [0.25, 0.3) is 0 Å². The topological polar surface area (TPSA) is 44.9 Å². The average Bonchev–Trinajstić information content (AvgIpc) is 2.40. The Hall–Kier alpha value is -1.55. The predicted octanol–water partition coefficient (Wildman–Crippen LogP) is 1.51. The summed E-state index contributed by atoms with van der Waals surface area (Å²) in [6.07, 6.45) is 1.67. The fraction of sp³-hybridized carbons (Fsp3) is 0.500. The molecule has 0 saturated carbocycles. The van der Waals surface area contributed by atoms with E-state index in [1.807, 2.05) is 0 Å². The third-order valence-electron chi connectivity index (χ3n) is 3.53. The molecule has 0 aromatic heterocycles. The van der Waals surface area contributed by atoms with Crippen molar-refractivity contribution in [2.75, 3.05) is 31.1 Å². The number of rotatable bonds is 3. The van der Waals surface area contributed by atoms with Crippen LogP contribution in [0.1, 0.15) is 19.4 Å². The molecule has 0 unspecified atom stereocenters. The molecule has 1 fully saturated rings. The summed E-state index contributed by atoms with van der Waals surface area (Å²) in [5.41, 5.74) is 2.33. The van der Waals surface area contributed by atoms with Crippen LogP contribution in [-0.4, -0.2) is 43.3 Å². The molecule has 0 radical (unpaired) electrons. The zero-order valence-electron chi connectivity index (χ0n) is 11.2. The summed E-state index contributed by atoms with van der Waals surface area (Å²) in [6.45, 7) is 9.01. The molecule has 98 valence electrons. The molecule has 2 N–H and O–H groups in total. The lowest BCUT2D eigenvalue weighted by atomic mass is 10.2. The van der Waals surface area contributed by atoms with Crippen molar-refractivity contribution in [3.05, 3.63) is 29.8 Å². The van der Waals surface area contributed by atoms with Gasteiger partial charge in [-0.25, -0.2) is 0 Å². The lowest BCUT2D eigenvalue weighted by molar-refractivity contribution is 0.209. The van der Waals surface area contributed by atoms with Crippen LogP contribution in [0, 0.1) is 0 Å². The van der Waals surface area contributed by atoms with Crippen molar-refractivity contribution in [3.8, 4) is 0 Å². The molecule has 1 saturated heterocycles. The number of hydrogen-bond acceptors (Lipinski definition) is 4. The highest BCUT2D eigenvalue weighted by atomic mass is 15.3. The summed E-state index contributed by atoms with van der Waals surface area (Å²) in [5, 5.41) is 3.53. The van der Waals surface area contributed by atoms with Crippen molar-refractivity contribution in [2.24, 2.45) is 10.9 Å². The van der Waals surface area contributed by atoms with Crippen LogP contribution in [0.3, 0.4) is 0 Å². The first-order valence-corrected chi connectivity index (χ1v) is 6.53. The van der Waals surface area contributed by atoms with Crippen LogP contribution in [0.5, 0.6) is 0 Å². The van der Waals surface area contributed by atoms with Gasteiger partial charge in [-0.3, -0.25) is 4.90 Å². The van der Waals surface area contributed by atoms with E-state index in [0.717, 1.165) is 31.7 Å². The molecule has 4 heteroatoms. The van der Waals surface area contributed by atoms with Crippen LogP contribution in [0.15, 0.2) is 29.4 Å². The Morgan fingerprint density at radius 1 is 1.11 bits per heavy atom. The lowest BCUT2D eigenvalue weighted by Crippen LogP contribution is -2.48. The standard InChI is InChI=1S/C14H22N4/c1-12(2)17-7-9-18(10-8-17)14-5-3-13(4-6-14)11-16-15/h3-6,11-12H,7-10,15H2,1-2H3. The monoisotopic (exact) mass is 246 g/mol. The lowest BCUT2D eigenvalue weighted by Gasteiger charge is -2.38. The van der Waals surface area contributed by atoms with Crippen molar-refractivity contribution in [1.29, 1.82) is 0 Å². The molecule has 18 heavy (non-hydrogen) atoms. The first kappa shape index (κ1) is 12.9. The third-order valence-corrected chi connectivity index (χ3v) is 3.53. The van der Waals surface area contributed by atoms with Crippen molar-refractivity contribution in [1.82, 2.24) is 4.90 Å². The number of anilines is 1. The van der Waals surface area contributed by atoms with Gasteiger partial charge >= 0.3 is 0 Å². The van der Waals surface area contributed by atoms with Crippen LogP contribution >= 0.6 is 0 Å². The molecule has 2 rings (SSSR count). The van der Waals surface area contributed by atoms with Crippen molar-refractivity contribution in [3.63, 3.8) is 0 Å². The molecule has 1 aromatic carbocycles. The van der Waals surface area contributed by atoms with Gasteiger partial charge in [-0.1, -0.05) is 12.1 Å². The molecule has 1 heterocycles. The fourth-order valence-electron chi connectivity index (χ4n) is 2.35. The molecule has 0 spiro atoms. The quantitative estimate of drug-likeness (QED) is 0.499. The minimum Gasteiger partial charge on any atom is -0.369 e. The molecule has 0 amide bonds. The van der Waals surface area contributed by atoms with Gasteiger partial charge in [0.1, 0.15) is 0 Å². The molecule has 1 aliphatic rings. The number of piperazine rings is 1. The second-order valence-electron chi connectivity index (χ2n) is 4.99. The van der Waals surface area contributed by atoms with E-state index >= 15 is 0 Å². The average molecular weight is 246 g/mol. The second-order valence-corrected chi connectivity index (χ2v) is 4.99. The van der Waals surface area contributed by atoms with Gasteiger partial charge in [0.2, 0.25) is 0 Å². The number of nitrogens with zero attached hydrogens (tertiary/aromatic N) is 3. The maximum absolute atomic E-state index is 5.14. The molecule has 0 aliphatic carbocycles. The van der Waals surface area contributed by atoms with Crippen LogP contribution in [0.4, 0.5) is 5.69 Å². The first-order chi connectivity index (χ1) is 8.70. The van der Waals surface area contributed by atoms with Crippen molar-refractivity contribution < 1.29 is 0 Å². The molecule has 4 nitrogen and oxygen atoms in total. The molecule has 0 bridgehead atoms. The maximum Gasteiger partial charge on any atom is 0.0538 e. The fourth-order valence-corrected chi connectivity index (χ4v) is 2.35. The van der Waals surface area contributed by atoms with E-state index in [0.29, 0.717) is 6.04 Å². The van der Waals surface area contributed by atoms with Crippen molar-refractivity contribution >= 4 is 11.9 Å². The summed E-state index contributed by atoms with van der Waals surface area (Å²) < 4.78 is 0. The van der Waals surface area contributed by atoms with E-state index in [-0.39, 0.29) is 0 Å². The van der Waals surface area contributed by atoms with Gasteiger partial charge < -0.3 is 10.7 Å². The summed E-state index contributed by atoms with van der Waals surface area (Å²) in [7, 11) is 0. The summed E-state index contributed by atoms with van der Waals surface area (Å²) in [5.74, 6) is 5.14. The van der Waals surface area contributed by atoms with Gasteiger partial charge in [-0.2, -0.15) is 5.10 Å². The first-order valence-electron chi connectivity index (χ1n) is 6.53. The molecular formula is C14H22N4. The van der Waals surface area contributed by atoms with E-state index in [1.165, 1.54) is 5.69 Å². The number of nitrogens with two attached hydrogens (primary N) is 1. The van der Waals surface area contributed by atoms with Gasteiger partial charge in [0, 0.05) is 37.9 Å². The minimum absolute atomic E-state index is 0.648. The van der Waals surface area contributed by atoms with Crippen LogP contribution in [0.25, 0.3) is 0 Å². The van der Waals surface area contributed by atoms with E-state index in [4.69, 9.17) is 5.84 Å². The van der Waals surface area contributed by atoms with Crippen LogP contribution in [0.2, 0.25) is 0 Å². The van der Waals surface area contributed by atoms with E-state index in [9.17, 15) is 0 Å². The zero-order chi connectivity index (χ0) is 13.0. The molecule has 1 aliphatic heterocycles. The minimum atomic E-state index is 0.648. The highest BCUT2D eigenvalue weighted by molar-refractivity contribution is 5.80. The molecule has 0 atom stereocenters. The Kier molecular flexibility index (Phi) is 4.20. The normalized spacial score (nSPS) is 17.8. The Morgan fingerprint density at radius 2 is 1.72 bits per heavy atom. The maximum atomic E-state index is 5.14. The van der Waals surface area contributed by atoms with Gasteiger partial charge in [-0.05, 0) is 31.5 Å². The van der Waals surface area contributed by atoms with E-state index in [2.05, 4.69) is 53.0 Å².